The zero-order valence-corrected chi connectivity index (χ0v) is 13.7. The average molecular weight is 314 g/mol. The van der Waals surface area contributed by atoms with Crippen LogP contribution in [0.5, 0.6) is 23.0 Å². The summed E-state index contributed by atoms with van der Waals surface area (Å²) in [4.78, 5) is 0. The fourth-order valence-corrected chi connectivity index (χ4v) is 3.06. The molecule has 118 valence electrons. The van der Waals surface area contributed by atoms with E-state index in [0.717, 1.165) is 39.7 Å². The first kappa shape index (κ1) is 14.6. The Hall–Kier alpha value is -3.00. The Labute approximate surface area is 142 Å². The molecule has 1 heterocycles. The van der Waals surface area contributed by atoms with Crippen LogP contribution >= 0.6 is 0 Å². The lowest BCUT2D eigenvalue weighted by Crippen LogP contribution is -1.95. The van der Waals surface area contributed by atoms with E-state index in [4.69, 9.17) is 9.47 Å². The second-order valence-electron chi connectivity index (χ2n) is 6.02. The summed E-state index contributed by atoms with van der Waals surface area (Å²) in [5, 5.41) is 0. The van der Waals surface area contributed by atoms with Crippen LogP contribution in [0.25, 0.3) is 5.57 Å². The zero-order chi connectivity index (χ0) is 16.5. The molecule has 0 fully saturated rings. The van der Waals surface area contributed by atoms with Crippen molar-refractivity contribution < 1.29 is 9.47 Å². The van der Waals surface area contributed by atoms with Gasteiger partial charge in [0.1, 0.15) is 11.5 Å². The van der Waals surface area contributed by atoms with Crippen LogP contribution in [-0.4, -0.2) is 0 Å². The molecule has 3 aromatic rings. The largest absolute Gasteiger partial charge is 0.453 e. The lowest BCUT2D eigenvalue weighted by Gasteiger charge is -2.15. The van der Waals surface area contributed by atoms with Gasteiger partial charge in [0.25, 0.3) is 0 Å². The van der Waals surface area contributed by atoms with Crippen LogP contribution < -0.4 is 9.47 Å². The molecule has 0 unspecified atom stereocenters. The van der Waals surface area contributed by atoms with E-state index in [2.05, 4.69) is 26.0 Å². The van der Waals surface area contributed by atoms with E-state index in [1.54, 1.807) is 0 Å². The zero-order valence-electron chi connectivity index (χ0n) is 13.7. The summed E-state index contributed by atoms with van der Waals surface area (Å²) < 4.78 is 12.4. The molecule has 24 heavy (non-hydrogen) atoms. The highest BCUT2D eigenvalue weighted by Crippen LogP contribution is 2.44. The minimum Gasteiger partial charge on any atom is -0.453 e. The fourth-order valence-electron chi connectivity index (χ4n) is 3.06. The molecule has 0 saturated heterocycles. The first-order valence-corrected chi connectivity index (χ1v) is 8.05. The van der Waals surface area contributed by atoms with Gasteiger partial charge in [-0.2, -0.15) is 0 Å². The Morgan fingerprint density at radius 1 is 0.542 bits per heavy atom. The lowest BCUT2D eigenvalue weighted by molar-refractivity contribution is 0.420. The topological polar surface area (TPSA) is 18.5 Å². The van der Waals surface area contributed by atoms with Crippen LogP contribution in [0.1, 0.15) is 25.0 Å². The SMILES string of the molecule is CC(C)=C1c2ccccc2Oc2ccccc2Oc2ccccc21. The van der Waals surface area contributed by atoms with Gasteiger partial charge in [0.2, 0.25) is 0 Å². The van der Waals surface area contributed by atoms with Crippen molar-refractivity contribution in [1.82, 2.24) is 0 Å². The summed E-state index contributed by atoms with van der Waals surface area (Å²) >= 11 is 0. The minimum atomic E-state index is 0.717. The summed E-state index contributed by atoms with van der Waals surface area (Å²) in [6, 6.07) is 24.0. The van der Waals surface area contributed by atoms with Crippen molar-refractivity contribution >= 4 is 5.57 Å². The first-order valence-electron chi connectivity index (χ1n) is 8.05. The maximum absolute atomic E-state index is 6.21. The lowest BCUT2D eigenvalue weighted by atomic mass is 9.93. The molecular formula is C22H18O2. The number of hydrogen-bond acceptors (Lipinski definition) is 2. The van der Waals surface area contributed by atoms with Crippen LogP contribution in [0.2, 0.25) is 0 Å². The number of rotatable bonds is 0. The van der Waals surface area contributed by atoms with Gasteiger partial charge in [0.15, 0.2) is 11.5 Å². The Bertz CT molecular complexity index is 863. The molecule has 2 nitrogen and oxygen atoms in total. The number of para-hydroxylation sites is 4. The molecule has 0 spiro atoms. The first-order chi connectivity index (χ1) is 11.7. The molecule has 1 aliphatic rings. The predicted molar refractivity (Wildman–Crippen MR) is 96.8 cm³/mol. The molecule has 4 rings (SSSR count). The summed E-state index contributed by atoms with van der Waals surface area (Å²) in [6.07, 6.45) is 0. The molecule has 0 atom stereocenters. The van der Waals surface area contributed by atoms with Gasteiger partial charge in [0, 0.05) is 11.1 Å². The van der Waals surface area contributed by atoms with Crippen molar-refractivity contribution in [3.63, 3.8) is 0 Å². The van der Waals surface area contributed by atoms with Crippen molar-refractivity contribution in [3.05, 3.63) is 89.5 Å². The molecule has 0 saturated carbocycles. The summed E-state index contributed by atoms with van der Waals surface area (Å²) in [5.41, 5.74) is 4.51. The third kappa shape index (κ3) is 2.46. The molecule has 0 radical (unpaired) electrons. The molecule has 2 heteroatoms. The van der Waals surface area contributed by atoms with Gasteiger partial charge < -0.3 is 9.47 Å². The molecule has 0 aliphatic carbocycles. The minimum absolute atomic E-state index is 0.717. The number of ether oxygens (including phenoxy) is 2. The number of fused-ring (bicyclic) bond motifs is 3. The Balaban J connectivity index is 2.07. The summed E-state index contributed by atoms with van der Waals surface area (Å²) in [5.74, 6) is 3.10. The van der Waals surface area contributed by atoms with Crippen molar-refractivity contribution in [3.8, 4) is 23.0 Å². The number of benzene rings is 3. The van der Waals surface area contributed by atoms with Crippen LogP contribution in [0.4, 0.5) is 0 Å². The molecule has 3 aromatic carbocycles. The van der Waals surface area contributed by atoms with Crippen molar-refractivity contribution in [2.75, 3.05) is 0 Å². The molecule has 0 amide bonds. The van der Waals surface area contributed by atoms with Crippen LogP contribution in [-0.2, 0) is 0 Å². The van der Waals surface area contributed by atoms with Crippen LogP contribution in [0, 0.1) is 0 Å². The highest BCUT2D eigenvalue weighted by molar-refractivity contribution is 5.87. The normalized spacial score (nSPS) is 12.3. The average Bonchev–Trinajstić information content (AvgIpc) is 2.65. The van der Waals surface area contributed by atoms with E-state index in [1.807, 2.05) is 60.7 Å². The smallest absolute Gasteiger partial charge is 0.169 e. The van der Waals surface area contributed by atoms with Gasteiger partial charge in [-0.25, -0.2) is 0 Å². The van der Waals surface area contributed by atoms with Crippen molar-refractivity contribution in [2.24, 2.45) is 0 Å². The molecule has 0 aromatic heterocycles. The van der Waals surface area contributed by atoms with Gasteiger partial charge in [-0.15, -0.1) is 0 Å². The van der Waals surface area contributed by atoms with E-state index in [0.29, 0.717) is 0 Å². The van der Waals surface area contributed by atoms with E-state index >= 15 is 0 Å². The van der Waals surface area contributed by atoms with E-state index in [1.165, 1.54) is 5.57 Å². The Morgan fingerprint density at radius 2 is 0.917 bits per heavy atom. The third-order valence-electron chi connectivity index (χ3n) is 4.10. The highest BCUT2D eigenvalue weighted by Gasteiger charge is 2.20. The second kappa shape index (κ2) is 5.89. The Morgan fingerprint density at radius 3 is 1.33 bits per heavy atom. The van der Waals surface area contributed by atoms with E-state index in [-0.39, 0.29) is 0 Å². The van der Waals surface area contributed by atoms with Crippen LogP contribution in [0.3, 0.4) is 0 Å². The third-order valence-corrected chi connectivity index (χ3v) is 4.10. The molecular weight excluding hydrogens is 296 g/mol. The summed E-state index contributed by atoms with van der Waals surface area (Å²) in [6.45, 7) is 4.24. The Kier molecular flexibility index (Phi) is 3.58. The van der Waals surface area contributed by atoms with Gasteiger partial charge in [0.05, 0.1) is 0 Å². The van der Waals surface area contributed by atoms with Gasteiger partial charge in [-0.05, 0) is 43.7 Å². The van der Waals surface area contributed by atoms with Gasteiger partial charge >= 0.3 is 0 Å². The van der Waals surface area contributed by atoms with Crippen molar-refractivity contribution in [2.45, 2.75) is 13.8 Å². The van der Waals surface area contributed by atoms with Crippen molar-refractivity contribution in [1.29, 1.82) is 0 Å². The van der Waals surface area contributed by atoms with Crippen LogP contribution in [0.15, 0.2) is 78.4 Å². The second-order valence-corrected chi connectivity index (χ2v) is 6.02. The molecule has 0 bridgehead atoms. The highest BCUT2D eigenvalue weighted by atomic mass is 16.5. The standard InChI is InChI=1S/C22H18O2/c1-15(2)22-16-9-3-5-11-18(16)23-20-13-7-8-14-21(20)24-19-12-6-4-10-17(19)22/h3-14H,1-2H3. The van der Waals surface area contributed by atoms with Gasteiger partial charge in [-0.3, -0.25) is 0 Å². The number of allylic oxidation sites excluding steroid dienone is 1. The maximum atomic E-state index is 6.21. The summed E-state index contributed by atoms with van der Waals surface area (Å²) in [7, 11) is 0. The fraction of sp³-hybridized carbons (Fsp3) is 0.0909. The van der Waals surface area contributed by atoms with Gasteiger partial charge in [-0.1, -0.05) is 54.1 Å². The monoisotopic (exact) mass is 314 g/mol. The van der Waals surface area contributed by atoms with E-state index < -0.39 is 0 Å². The molecule has 1 aliphatic heterocycles. The number of hydrogen-bond donors (Lipinski definition) is 0. The maximum Gasteiger partial charge on any atom is 0.169 e. The quantitative estimate of drug-likeness (QED) is 0.372. The molecule has 0 N–H and O–H groups in total. The van der Waals surface area contributed by atoms with E-state index in [9.17, 15) is 0 Å². The predicted octanol–water partition coefficient (Wildman–Crippen LogP) is 6.43.